The molecular formula is C9H15ClN4S. The molecule has 6 heteroatoms. The van der Waals surface area contributed by atoms with Gasteiger partial charge >= 0.3 is 0 Å². The van der Waals surface area contributed by atoms with E-state index in [4.69, 9.17) is 11.6 Å². The highest BCUT2D eigenvalue weighted by atomic mass is 35.5. The third kappa shape index (κ3) is 2.66. The molecule has 0 bridgehead atoms. The molecular weight excluding hydrogens is 232 g/mol. The molecule has 1 atom stereocenters. The van der Waals surface area contributed by atoms with Crippen molar-refractivity contribution in [2.45, 2.75) is 25.4 Å². The normalized spacial score (nSPS) is 22.4. The van der Waals surface area contributed by atoms with E-state index >= 15 is 0 Å². The highest BCUT2D eigenvalue weighted by molar-refractivity contribution is 7.10. The van der Waals surface area contributed by atoms with Crippen LogP contribution >= 0.6 is 23.1 Å². The first-order chi connectivity index (χ1) is 7.31. The van der Waals surface area contributed by atoms with Gasteiger partial charge in [-0.25, -0.2) is 0 Å². The predicted molar refractivity (Wildman–Crippen MR) is 62.3 cm³/mol. The number of likely N-dealkylation sites (tertiary alicyclic amines) is 1. The Bertz CT molecular complexity index is 317. The molecule has 1 aromatic rings. The number of hydrogen-bond acceptors (Lipinski definition) is 5. The molecule has 0 aliphatic carbocycles. The number of nitrogens with one attached hydrogen (secondary N) is 1. The van der Waals surface area contributed by atoms with Crippen LogP contribution in [0.25, 0.3) is 0 Å². The quantitative estimate of drug-likeness (QED) is 0.872. The van der Waals surface area contributed by atoms with Crippen LogP contribution in [0.2, 0.25) is 4.34 Å². The summed E-state index contributed by atoms with van der Waals surface area (Å²) in [6, 6.07) is 0.618. The largest absolute Gasteiger partial charge is 0.318 e. The number of aromatic nitrogens is 2. The van der Waals surface area contributed by atoms with Crippen LogP contribution < -0.4 is 5.32 Å². The molecule has 0 radical (unpaired) electrons. The van der Waals surface area contributed by atoms with Crippen LogP contribution in [0.3, 0.4) is 0 Å². The first-order valence-electron chi connectivity index (χ1n) is 5.16. The van der Waals surface area contributed by atoms with Crippen molar-refractivity contribution in [2.75, 3.05) is 20.1 Å². The Labute approximate surface area is 98.8 Å². The van der Waals surface area contributed by atoms with Crippen LogP contribution in [0.5, 0.6) is 0 Å². The van der Waals surface area contributed by atoms with Crippen molar-refractivity contribution in [3.8, 4) is 0 Å². The van der Waals surface area contributed by atoms with Crippen molar-refractivity contribution in [3.63, 3.8) is 0 Å². The highest BCUT2D eigenvalue weighted by Crippen LogP contribution is 2.23. The topological polar surface area (TPSA) is 41.0 Å². The summed E-state index contributed by atoms with van der Waals surface area (Å²) >= 11 is 7.26. The fraction of sp³-hybridized carbons (Fsp3) is 0.778. The minimum Gasteiger partial charge on any atom is -0.318 e. The van der Waals surface area contributed by atoms with Gasteiger partial charge in [-0.05, 0) is 26.4 Å². The first-order valence-corrected chi connectivity index (χ1v) is 6.31. The van der Waals surface area contributed by atoms with Gasteiger partial charge in [-0.1, -0.05) is 16.1 Å². The van der Waals surface area contributed by atoms with Gasteiger partial charge in [-0.2, -0.15) is 0 Å². The molecule has 1 saturated heterocycles. The number of hydrogen-bond donors (Lipinski definition) is 1. The molecule has 1 N–H and O–H groups in total. The lowest BCUT2D eigenvalue weighted by Crippen LogP contribution is -2.36. The van der Waals surface area contributed by atoms with Gasteiger partial charge in [0.25, 0.3) is 0 Å². The van der Waals surface area contributed by atoms with Crippen LogP contribution in [-0.2, 0) is 6.54 Å². The maximum Gasteiger partial charge on any atom is 0.138 e. The molecule has 84 valence electrons. The van der Waals surface area contributed by atoms with Gasteiger partial charge in [0.2, 0.25) is 0 Å². The van der Waals surface area contributed by atoms with Gasteiger partial charge in [0.05, 0.1) is 0 Å². The maximum atomic E-state index is 5.99. The second-order valence-electron chi connectivity index (χ2n) is 3.82. The van der Waals surface area contributed by atoms with Crippen molar-refractivity contribution in [2.24, 2.45) is 0 Å². The average molecular weight is 247 g/mol. The molecule has 1 unspecified atom stereocenters. The van der Waals surface area contributed by atoms with Gasteiger partial charge in [-0.3, -0.25) is 4.90 Å². The van der Waals surface area contributed by atoms with Crippen molar-refractivity contribution in [1.82, 2.24) is 19.8 Å². The van der Waals surface area contributed by atoms with Crippen molar-refractivity contribution >= 4 is 23.1 Å². The third-order valence-electron chi connectivity index (χ3n) is 2.80. The fourth-order valence-electron chi connectivity index (χ4n) is 2.05. The highest BCUT2D eigenvalue weighted by Gasteiger charge is 2.25. The molecule has 2 heterocycles. The fourth-order valence-corrected chi connectivity index (χ4v) is 2.67. The monoisotopic (exact) mass is 246 g/mol. The molecule has 1 aliphatic rings. The standard InChI is InChI=1S/C9H15ClN4S/c1-11-5-7-3-2-4-14(7)6-8-9(10)15-13-12-8/h7,11H,2-6H2,1H3. The molecule has 0 aromatic carbocycles. The Morgan fingerprint density at radius 1 is 1.67 bits per heavy atom. The maximum absolute atomic E-state index is 5.99. The summed E-state index contributed by atoms with van der Waals surface area (Å²) in [5.74, 6) is 0. The summed E-state index contributed by atoms with van der Waals surface area (Å²) in [6.45, 7) is 3.01. The molecule has 0 saturated carbocycles. The van der Waals surface area contributed by atoms with Crippen LogP contribution in [0.15, 0.2) is 0 Å². The van der Waals surface area contributed by atoms with E-state index in [0.717, 1.165) is 29.7 Å². The Morgan fingerprint density at radius 3 is 3.20 bits per heavy atom. The van der Waals surface area contributed by atoms with Gasteiger partial charge in [0, 0.05) is 30.7 Å². The second kappa shape index (κ2) is 5.21. The van der Waals surface area contributed by atoms with Crippen LogP contribution in [0.4, 0.5) is 0 Å². The number of halogens is 1. The average Bonchev–Trinajstić information content (AvgIpc) is 2.80. The minimum atomic E-state index is 0.618. The van der Waals surface area contributed by atoms with E-state index in [1.165, 1.54) is 24.4 Å². The van der Waals surface area contributed by atoms with E-state index in [-0.39, 0.29) is 0 Å². The third-order valence-corrected chi connectivity index (χ3v) is 3.79. The van der Waals surface area contributed by atoms with Crippen LogP contribution in [-0.4, -0.2) is 40.7 Å². The first kappa shape index (κ1) is 11.3. The molecule has 1 fully saturated rings. The molecule has 0 spiro atoms. The summed E-state index contributed by atoms with van der Waals surface area (Å²) < 4.78 is 4.58. The Morgan fingerprint density at radius 2 is 2.53 bits per heavy atom. The Hall–Kier alpha value is -0.230. The summed E-state index contributed by atoms with van der Waals surface area (Å²) in [5, 5.41) is 7.27. The predicted octanol–water partition coefficient (Wildman–Crippen LogP) is 1.38. The molecule has 15 heavy (non-hydrogen) atoms. The van der Waals surface area contributed by atoms with Gasteiger partial charge in [0.15, 0.2) is 0 Å². The zero-order chi connectivity index (χ0) is 10.7. The lowest BCUT2D eigenvalue weighted by atomic mass is 10.2. The van der Waals surface area contributed by atoms with Gasteiger partial charge in [0.1, 0.15) is 10.0 Å². The van der Waals surface area contributed by atoms with Crippen molar-refractivity contribution in [1.29, 1.82) is 0 Å². The number of likely N-dealkylation sites (N-methyl/N-ethyl adjacent to an activating group) is 1. The van der Waals surface area contributed by atoms with E-state index in [0.29, 0.717) is 6.04 Å². The summed E-state index contributed by atoms with van der Waals surface area (Å²) in [5.41, 5.74) is 0.921. The van der Waals surface area contributed by atoms with Gasteiger partial charge in [-0.15, -0.1) is 5.10 Å². The van der Waals surface area contributed by atoms with E-state index < -0.39 is 0 Å². The lowest BCUT2D eigenvalue weighted by molar-refractivity contribution is 0.239. The summed E-state index contributed by atoms with van der Waals surface area (Å²) in [6.07, 6.45) is 2.53. The summed E-state index contributed by atoms with van der Waals surface area (Å²) in [7, 11) is 1.99. The molecule has 4 nitrogen and oxygen atoms in total. The zero-order valence-corrected chi connectivity index (χ0v) is 10.3. The van der Waals surface area contributed by atoms with Crippen molar-refractivity contribution < 1.29 is 0 Å². The van der Waals surface area contributed by atoms with E-state index in [2.05, 4.69) is 19.8 Å². The second-order valence-corrected chi connectivity index (χ2v) is 5.17. The lowest BCUT2D eigenvalue weighted by Gasteiger charge is -2.23. The smallest absolute Gasteiger partial charge is 0.138 e. The van der Waals surface area contributed by atoms with Crippen LogP contribution in [0.1, 0.15) is 18.5 Å². The molecule has 0 amide bonds. The summed E-state index contributed by atoms with van der Waals surface area (Å²) in [4.78, 5) is 2.43. The van der Waals surface area contributed by atoms with E-state index in [1.54, 1.807) is 0 Å². The molecule has 2 rings (SSSR count). The van der Waals surface area contributed by atoms with E-state index in [9.17, 15) is 0 Å². The van der Waals surface area contributed by atoms with E-state index in [1.807, 2.05) is 7.05 Å². The van der Waals surface area contributed by atoms with Gasteiger partial charge < -0.3 is 5.32 Å². The number of rotatable bonds is 4. The Balaban J connectivity index is 1.96. The number of nitrogens with zero attached hydrogens (tertiary/aromatic N) is 3. The van der Waals surface area contributed by atoms with Crippen molar-refractivity contribution in [3.05, 3.63) is 10.0 Å². The molecule has 1 aliphatic heterocycles. The Kier molecular flexibility index (Phi) is 3.91. The van der Waals surface area contributed by atoms with Crippen LogP contribution in [0, 0.1) is 0 Å². The molecule has 1 aromatic heterocycles. The SMILES string of the molecule is CNCC1CCCN1Cc1nnsc1Cl. The zero-order valence-electron chi connectivity index (χ0n) is 8.74. The minimum absolute atomic E-state index is 0.618.